The van der Waals surface area contributed by atoms with Crippen LogP contribution in [0.15, 0.2) is 12.2 Å². The molecule has 2 aliphatic rings. The molecule has 22 heavy (non-hydrogen) atoms. The molecule has 0 atom stereocenters. The molecule has 2 saturated carbocycles. The van der Waals surface area contributed by atoms with E-state index >= 15 is 0 Å². The number of hydrogen-bond acceptors (Lipinski definition) is 1. The molecule has 2 fully saturated rings. The number of unbranched alkanes of at least 4 members (excludes halogenated alkanes) is 1. The van der Waals surface area contributed by atoms with Gasteiger partial charge in [0.25, 0.3) is 0 Å². The molecule has 2 rings (SSSR count). The lowest BCUT2D eigenvalue weighted by Crippen LogP contribution is -2.23. The van der Waals surface area contributed by atoms with Gasteiger partial charge in [0.15, 0.2) is 0 Å². The molecule has 1 nitrogen and oxygen atoms in total. The van der Waals surface area contributed by atoms with Crippen molar-refractivity contribution in [3.8, 4) is 0 Å². The molecule has 0 saturated heterocycles. The number of rotatable bonds is 8. The van der Waals surface area contributed by atoms with Gasteiger partial charge in [0, 0.05) is 6.61 Å². The molecule has 0 bridgehead atoms. The van der Waals surface area contributed by atoms with Crippen LogP contribution < -0.4 is 0 Å². The predicted molar refractivity (Wildman–Crippen MR) is 96.1 cm³/mol. The van der Waals surface area contributed by atoms with E-state index in [0.29, 0.717) is 6.10 Å². The third kappa shape index (κ3) is 6.44. The van der Waals surface area contributed by atoms with Gasteiger partial charge in [-0.2, -0.15) is 0 Å². The van der Waals surface area contributed by atoms with Crippen molar-refractivity contribution in [2.24, 2.45) is 17.8 Å². The van der Waals surface area contributed by atoms with Crippen LogP contribution in [0.5, 0.6) is 0 Å². The SMILES string of the molecule is C/C=C/C1CCC(CCC2CCC(OCCCC)CC2)CC1. The van der Waals surface area contributed by atoms with Crippen molar-refractivity contribution < 1.29 is 4.74 Å². The summed E-state index contributed by atoms with van der Waals surface area (Å²) in [5.74, 6) is 2.91. The summed E-state index contributed by atoms with van der Waals surface area (Å²) >= 11 is 0. The van der Waals surface area contributed by atoms with Crippen LogP contribution >= 0.6 is 0 Å². The van der Waals surface area contributed by atoms with Crippen molar-refractivity contribution in [3.63, 3.8) is 0 Å². The minimum atomic E-state index is 0.582. The van der Waals surface area contributed by atoms with E-state index in [1.54, 1.807) is 0 Å². The van der Waals surface area contributed by atoms with E-state index < -0.39 is 0 Å². The van der Waals surface area contributed by atoms with Crippen LogP contribution in [-0.4, -0.2) is 12.7 Å². The van der Waals surface area contributed by atoms with Crippen molar-refractivity contribution in [1.29, 1.82) is 0 Å². The van der Waals surface area contributed by atoms with Crippen molar-refractivity contribution >= 4 is 0 Å². The molecule has 0 amide bonds. The van der Waals surface area contributed by atoms with Crippen LogP contribution in [0.4, 0.5) is 0 Å². The molecule has 0 aromatic heterocycles. The van der Waals surface area contributed by atoms with Crippen LogP contribution in [0.25, 0.3) is 0 Å². The third-order valence-electron chi connectivity index (χ3n) is 5.98. The maximum atomic E-state index is 5.99. The van der Waals surface area contributed by atoms with Crippen LogP contribution in [0.1, 0.15) is 90.9 Å². The van der Waals surface area contributed by atoms with E-state index in [2.05, 4.69) is 26.0 Å². The first-order valence-corrected chi connectivity index (χ1v) is 10.1. The summed E-state index contributed by atoms with van der Waals surface area (Å²) in [7, 11) is 0. The standard InChI is InChI=1S/C21H38O/c1-3-5-17-22-21-15-13-20(14-16-21)12-11-19-9-7-18(6-4-2)8-10-19/h4,6,18-21H,3,5,7-17H2,1-2H3/b6-4+. The lowest BCUT2D eigenvalue weighted by Gasteiger charge is -2.31. The van der Waals surface area contributed by atoms with Gasteiger partial charge in [-0.1, -0.05) is 38.3 Å². The van der Waals surface area contributed by atoms with E-state index in [1.165, 1.54) is 77.0 Å². The molecular formula is C21H38O. The second-order valence-corrected chi connectivity index (χ2v) is 7.75. The van der Waals surface area contributed by atoms with Gasteiger partial charge in [0.2, 0.25) is 0 Å². The van der Waals surface area contributed by atoms with Crippen molar-refractivity contribution in [2.45, 2.75) is 97.0 Å². The summed E-state index contributed by atoms with van der Waals surface area (Å²) in [6.45, 7) is 5.39. The van der Waals surface area contributed by atoms with Crippen LogP contribution in [0, 0.1) is 17.8 Å². The average molecular weight is 307 g/mol. The highest BCUT2D eigenvalue weighted by atomic mass is 16.5. The topological polar surface area (TPSA) is 9.23 Å². The van der Waals surface area contributed by atoms with Crippen molar-refractivity contribution in [3.05, 3.63) is 12.2 Å². The van der Waals surface area contributed by atoms with Gasteiger partial charge in [0.1, 0.15) is 0 Å². The first-order chi connectivity index (χ1) is 10.8. The summed E-state index contributed by atoms with van der Waals surface area (Å²) in [6, 6.07) is 0. The van der Waals surface area contributed by atoms with Crippen LogP contribution in [0.2, 0.25) is 0 Å². The maximum absolute atomic E-state index is 5.99. The zero-order valence-corrected chi connectivity index (χ0v) is 15.1. The highest BCUT2D eigenvalue weighted by Gasteiger charge is 2.24. The zero-order valence-electron chi connectivity index (χ0n) is 15.1. The summed E-state index contributed by atoms with van der Waals surface area (Å²) < 4.78 is 5.99. The Bertz CT molecular complexity index is 293. The first-order valence-electron chi connectivity index (χ1n) is 10.1. The second kappa shape index (κ2) is 10.5. The molecule has 0 aromatic carbocycles. The fraction of sp³-hybridized carbons (Fsp3) is 0.905. The highest BCUT2D eigenvalue weighted by molar-refractivity contribution is 4.89. The Kier molecular flexibility index (Phi) is 8.59. The molecule has 128 valence electrons. The molecule has 0 aliphatic heterocycles. The monoisotopic (exact) mass is 306 g/mol. The number of hydrogen-bond donors (Lipinski definition) is 0. The Labute approximate surface area is 138 Å². The van der Waals surface area contributed by atoms with Crippen molar-refractivity contribution in [2.75, 3.05) is 6.61 Å². The highest BCUT2D eigenvalue weighted by Crippen LogP contribution is 2.36. The minimum Gasteiger partial charge on any atom is -0.378 e. The van der Waals surface area contributed by atoms with E-state index in [0.717, 1.165) is 24.4 Å². The predicted octanol–water partition coefficient (Wildman–Crippen LogP) is 6.52. The van der Waals surface area contributed by atoms with E-state index in [-0.39, 0.29) is 0 Å². The molecule has 0 spiro atoms. The lowest BCUT2D eigenvalue weighted by atomic mass is 9.77. The second-order valence-electron chi connectivity index (χ2n) is 7.75. The van der Waals surface area contributed by atoms with Crippen molar-refractivity contribution in [1.82, 2.24) is 0 Å². The van der Waals surface area contributed by atoms with E-state index in [4.69, 9.17) is 4.74 Å². The Morgan fingerprint density at radius 2 is 1.45 bits per heavy atom. The van der Waals surface area contributed by atoms with Gasteiger partial charge in [-0.15, -0.1) is 0 Å². The minimum absolute atomic E-state index is 0.582. The number of allylic oxidation sites excluding steroid dienone is 2. The molecule has 0 unspecified atom stereocenters. The lowest BCUT2D eigenvalue weighted by molar-refractivity contribution is 0.0151. The van der Waals surface area contributed by atoms with Gasteiger partial charge in [-0.3, -0.25) is 0 Å². The van der Waals surface area contributed by atoms with Crippen LogP contribution in [-0.2, 0) is 4.74 Å². The smallest absolute Gasteiger partial charge is 0.0575 e. The van der Waals surface area contributed by atoms with Gasteiger partial charge >= 0.3 is 0 Å². The van der Waals surface area contributed by atoms with Gasteiger partial charge in [0.05, 0.1) is 6.10 Å². The third-order valence-corrected chi connectivity index (χ3v) is 5.98. The Hall–Kier alpha value is -0.300. The summed E-state index contributed by atoms with van der Waals surface area (Å²) in [5, 5.41) is 0. The zero-order chi connectivity index (χ0) is 15.6. The first kappa shape index (κ1) is 18.0. The molecule has 0 aromatic rings. The Balaban J connectivity index is 1.54. The van der Waals surface area contributed by atoms with Gasteiger partial charge in [-0.25, -0.2) is 0 Å². The summed E-state index contributed by atoms with van der Waals surface area (Å²) in [5.41, 5.74) is 0. The molecule has 0 heterocycles. The molecule has 0 N–H and O–H groups in total. The summed E-state index contributed by atoms with van der Waals surface area (Å²) in [6.07, 6.45) is 22.0. The quantitative estimate of drug-likeness (QED) is 0.366. The Morgan fingerprint density at radius 1 is 0.864 bits per heavy atom. The molecule has 2 aliphatic carbocycles. The number of ether oxygens (including phenoxy) is 1. The molecule has 0 radical (unpaired) electrons. The fourth-order valence-electron chi connectivity index (χ4n) is 4.39. The Morgan fingerprint density at radius 3 is 2.00 bits per heavy atom. The fourth-order valence-corrected chi connectivity index (χ4v) is 4.39. The van der Waals surface area contributed by atoms with Crippen LogP contribution in [0.3, 0.4) is 0 Å². The van der Waals surface area contributed by atoms with E-state index in [1.807, 2.05) is 0 Å². The molecular weight excluding hydrogens is 268 g/mol. The normalized spacial score (nSPS) is 33.4. The van der Waals surface area contributed by atoms with E-state index in [9.17, 15) is 0 Å². The molecule has 1 heteroatoms. The maximum Gasteiger partial charge on any atom is 0.0575 e. The van der Waals surface area contributed by atoms with Gasteiger partial charge < -0.3 is 4.74 Å². The summed E-state index contributed by atoms with van der Waals surface area (Å²) in [4.78, 5) is 0. The largest absolute Gasteiger partial charge is 0.378 e. The average Bonchev–Trinajstić information content (AvgIpc) is 2.56. The van der Waals surface area contributed by atoms with Gasteiger partial charge in [-0.05, 0) is 82.5 Å².